The number of amides is 1. The first-order valence-corrected chi connectivity index (χ1v) is 7.31. The number of aromatic nitrogens is 2. The largest absolute Gasteiger partial charge is 0.383 e. The van der Waals surface area contributed by atoms with Crippen LogP contribution in [0.4, 0.5) is 11.8 Å². The van der Waals surface area contributed by atoms with Gasteiger partial charge in [0.15, 0.2) is 0 Å². The lowest BCUT2D eigenvalue weighted by Gasteiger charge is -2.36. The number of hydrogen-bond acceptors (Lipinski definition) is 7. The van der Waals surface area contributed by atoms with Gasteiger partial charge in [0.05, 0.1) is 6.61 Å². The third-order valence-corrected chi connectivity index (χ3v) is 3.61. The summed E-state index contributed by atoms with van der Waals surface area (Å²) < 4.78 is 4.94. The van der Waals surface area contributed by atoms with E-state index in [1.165, 1.54) is 0 Å². The molecule has 0 bridgehead atoms. The molecule has 138 valence electrons. The van der Waals surface area contributed by atoms with Gasteiger partial charge in [-0.25, -0.2) is 4.98 Å². The topological polar surface area (TPSA) is 87.8 Å². The zero-order valence-corrected chi connectivity index (χ0v) is 15.8. The van der Waals surface area contributed by atoms with Crippen LogP contribution in [0.15, 0.2) is 12.3 Å². The van der Waals surface area contributed by atoms with Crippen LogP contribution in [-0.2, 0) is 9.53 Å². The van der Waals surface area contributed by atoms with E-state index in [2.05, 4.69) is 14.9 Å². The van der Waals surface area contributed by atoms with E-state index in [0.717, 1.165) is 18.9 Å². The molecule has 10 heteroatoms. The minimum atomic E-state index is -0.587. The van der Waals surface area contributed by atoms with Gasteiger partial charge in [-0.1, -0.05) is 0 Å². The maximum atomic E-state index is 12.1. The van der Waals surface area contributed by atoms with Crippen LogP contribution in [0.5, 0.6) is 0 Å². The molecule has 1 saturated heterocycles. The van der Waals surface area contributed by atoms with Crippen LogP contribution in [0.25, 0.3) is 0 Å². The number of halogens is 2. The number of nitrogens with two attached hydrogens (primary N) is 1. The highest BCUT2D eigenvalue weighted by Gasteiger charge is 2.25. The lowest BCUT2D eigenvalue weighted by Crippen LogP contribution is -2.54. The number of piperazine rings is 1. The van der Waals surface area contributed by atoms with Crippen molar-refractivity contribution in [2.24, 2.45) is 5.73 Å². The fourth-order valence-electron chi connectivity index (χ4n) is 2.37. The van der Waals surface area contributed by atoms with E-state index >= 15 is 0 Å². The lowest BCUT2D eigenvalue weighted by atomic mass is 10.2. The quantitative estimate of drug-likeness (QED) is 0.769. The van der Waals surface area contributed by atoms with Gasteiger partial charge in [-0.05, 0) is 6.07 Å². The number of carbonyl (C=O) groups is 1. The molecule has 24 heavy (non-hydrogen) atoms. The maximum absolute atomic E-state index is 12.1. The van der Waals surface area contributed by atoms with Gasteiger partial charge < -0.3 is 25.2 Å². The Morgan fingerprint density at radius 3 is 2.50 bits per heavy atom. The number of ether oxygens (including phenoxy) is 1. The van der Waals surface area contributed by atoms with Crippen LogP contribution in [-0.4, -0.2) is 80.8 Å². The maximum Gasteiger partial charge on any atom is 0.241 e. The first-order valence-electron chi connectivity index (χ1n) is 7.31. The Kier molecular flexibility index (Phi) is 9.91. The predicted molar refractivity (Wildman–Crippen MR) is 99.5 cm³/mol. The van der Waals surface area contributed by atoms with E-state index < -0.39 is 6.04 Å². The van der Waals surface area contributed by atoms with Crippen molar-refractivity contribution in [1.82, 2.24) is 14.9 Å². The Morgan fingerprint density at radius 2 is 1.96 bits per heavy atom. The van der Waals surface area contributed by atoms with E-state index in [0.29, 0.717) is 19.0 Å². The lowest BCUT2D eigenvalue weighted by molar-refractivity contribution is -0.134. The predicted octanol–water partition coefficient (Wildman–Crippen LogP) is 0.00850. The molecule has 0 aliphatic carbocycles. The Balaban J connectivity index is 0.00000264. The van der Waals surface area contributed by atoms with Gasteiger partial charge in [-0.15, -0.1) is 24.8 Å². The summed E-state index contributed by atoms with van der Waals surface area (Å²) in [6, 6.07) is 1.30. The molecule has 0 radical (unpaired) electrons. The fraction of sp³-hybridized carbons (Fsp3) is 0.643. The highest BCUT2D eigenvalue weighted by atomic mass is 35.5. The number of hydrogen-bond donors (Lipinski definition) is 1. The molecule has 1 aromatic heterocycles. The van der Waals surface area contributed by atoms with Gasteiger partial charge in [-0.3, -0.25) is 4.79 Å². The molecular formula is C14H26Cl2N6O2. The fourth-order valence-corrected chi connectivity index (χ4v) is 2.37. The average Bonchev–Trinajstić information content (AvgIpc) is 2.54. The van der Waals surface area contributed by atoms with Crippen molar-refractivity contribution in [3.8, 4) is 0 Å². The normalized spacial score (nSPS) is 15.2. The highest BCUT2D eigenvalue weighted by molar-refractivity contribution is 5.85. The van der Waals surface area contributed by atoms with Crippen molar-refractivity contribution in [2.75, 3.05) is 63.8 Å². The molecule has 1 fully saturated rings. The van der Waals surface area contributed by atoms with E-state index in [-0.39, 0.29) is 37.3 Å². The Bertz CT molecular complexity index is 512. The number of carbonyl (C=O) groups excluding carboxylic acids is 1. The van der Waals surface area contributed by atoms with Gasteiger partial charge >= 0.3 is 0 Å². The summed E-state index contributed by atoms with van der Waals surface area (Å²) in [6.45, 7) is 2.98. The molecule has 2 heterocycles. The molecule has 8 nitrogen and oxygen atoms in total. The molecule has 1 amide bonds. The van der Waals surface area contributed by atoms with Gasteiger partial charge in [0.2, 0.25) is 11.9 Å². The number of anilines is 2. The summed E-state index contributed by atoms with van der Waals surface area (Å²) in [5.41, 5.74) is 5.80. The van der Waals surface area contributed by atoms with E-state index in [1.807, 2.05) is 25.1 Å². The second kappa shape index (κ2) is 10.5. The van der Waals surface area contributed by atoms with Crippen LogP contribution < -0.4 is 15.5 Å². The van der Waals surface area contributed by atoms with Crippen molar-refractivity contribution in [1.29, 1.82) is 0 Å². The summed E-state index contributed by atoms with van der Waals surface area (Å²) in [5, 5.41) is 0. The molecule has 1 aliphatic heterocycles. The Morgan fingerprint density at radius 1 is 1.33 bits per heavy atom. The molecule has 0 spiro atoms. The molecule has 1 unspecified atom stereocenters. The zero-order chi connectivity index (χ0) is 16.1. The minimum Gasteiger partial charge on any atom is -0.383 e. The van der Waals surface area contributed by atoms with Crippen molar-refractivity contribution >= 4 is 42.5 Å². The third-order valence-electron chi connectivity index (χ3n) is 3.61. The third kappa shape index (κ3) is 5.62. The van der Waals surface area contributed by atoms with Crippen molar-refractivity contribution in [3.05, 3.63) is 12.3 Å². The number of methoxy groups -OCH3 is 1. The molecule has 1 atom stereocenters. The SMILES string of the molecule is COCC(N)C(=O)N1CCN(c2ccnc(N(C)C)n2)CC1.Cl.Cl. The van der Waals surface area contributed by atoms with Crippen molar-refractivity contribution in [3.63, 3.8) is 0 Å². The monoisotopic (exact) mass is 380 g/mol. The highest BCUT2D eigenvalue weighted by Crippen LogP contribution is 2.16. The molecule has 1 aromatic rings. The van der Waals surface area contributed by atoms with Gasteiger partial charge in [0, 0.05) is 53.6 Å². The summed E-state index contributed by atoms with van der Waals surface area (Å²) in [4.78, 5) is 26.7. The Hall–Kier alpha value is -1.35. The number of nitrogens with zero attached hydrogens (tertiary/aromatic N) is 5. The summed E-state index contributed by atoms with van der Waals surface area (Å²) in [6.07, 6.45) is 1.75. The van der Waals surface area contributed by atoms with Gasteiger partial charge in [0.1, 0.15) is 11.9 Å². The zero-order valence-electron chi connectivity index (χ0n) is 14.2. The standard InChI is InChI=1S/C14H24N6O2.2ClH/c1-18(2)14-16-5-4-12(17-14)19-6-8-20(9-7-19)13(21)11(15)10-22-3;;/h4-5,11H,6-10,15H2,1-3H3;2*1H. The molecular weight excluding hydrogens is 355 g/mol. The van der Waals surface area contributed by atoms with Gasteiger partial charge in [0.25, 0.3) is 0 Å². The van der Waals surface area contributed by atoms with E-state index in [4.69, 9.17) is 10.5 Å². The molecule has 2 rings (SSSR count). The summed E-state index contributed by atoms with van der Waals surface area (Å²) >= 11 is 0. The summed E-state index contributed by atoms with van der Waals surface area (Å²) in [7, 11) is 5.36. The first kappa shape index (κ1) is 22.6. The van der Waals surface area contributed by atoms with Crippen LogP contribution in [0.1, 0.15) is 0 Å². The first-order chi connectivity index (χ1) is 10.5. The molecule has 2 N–H and O–H groups in total. The molecule has 0 saturated carbocycles. The second-order valence-corrected chi connectivity index (χ2v) is 5.48. The van der Waals surface area contributed by atoms with Crippen LogP contribution in [0.3, 0.4) is 0 Å². The van der Waals surface area contributed by atoms with Crippen LogP contribution >= 0.6 is 24.8 Å². The van der Waals surface area contributed by atoms with E-state index in [1.54, 1.807) is 18.2 Å². The van der Waals surface area contributed by atoms with E-state index in [9.17, 15) is 4.79 Å². The summed E-state index contributed by atoms with van der Waals surface area (Å²) in [5.74, 6) is 1.50. The Labute approximate surface area is 155 Å². The van der Waals surface area contributed by atoms with Crippen LogP contribution in [0, 0.1) is 0 Å². The second-order valence-electron chi connectivity index (χ2n) is 5.48. The van der Waals surface area contributed by atoms with Crippen molar-refractivity contribution in [2.45, 2.75) is 6.04 Å². The van der Waals surface area contributed by atoms with Crippen molar-refractivity contribution < 1.29 is 9.53 Å². The average molecular weight is 381 g/mol. The molecule has 0 aromatic carbocycles. The van der Waals surface area contributed by atoms with Gasteiger partial charge in [-0.2, -0.15) is 4.98 Å². The minimum absolute atomic E-state index is 0. The van der Waals surface area contributed by atoms with Crippen LogP contribution in [0.2, 0.25) is 0 Å². The smallest absolute Gasteiger partial charge is 0.241 e. The number of rotatable bonds is 5. The molecule has 1 aliphatic rings.